The van der Waals surface area contributed by atoms with E-state index in [1.54, 1.807) is 12.4 Å². The summed E-state index contributed by atoms with van der Waals surface area (Å²) in [6.07, 6.45) is 7.61. The summed E-state index contributed by atoms with van der Waals surface area (Å²) in [5.41, 5.74) is 8.25. The van der Waals surface area contributed by atoms with Gasteiger partial charge in [0.15, 0.2) is 0 Å². The highest BCUT2D eigenvalue weighted by Gasteiger charge is 2.36. The molecule has 5 heteroatoms. The number of amides is 1. The summed E-state index contributed by atoms with van der Waals surface area (Å²) >= 11 is 6.15. The molecule has 1 aliphatic carbocycles. The van der Waals surface area contributed by atoms with Gasteiger partial charge in [0.25, 0.3) is 0 Å². The molecular formula is C20H24ClN3O. The SMILES string of the molecule is NC[C@]1(c2cccc(Cl)c2)CC[C@H](NC(=O)Cc2cccnc2)CC1. The van der Waals surface area contributed by atoms with Gasteiger partial charge in [0, 0.05) is 35.4 Å². The van der Waals surface area contributed by atoms with Crippen LogP contribution in [-0.4, -0.2) is 23.5 Å². The molecule has 1 saturated carbocycles. The topological polar surface area (TPSA) is 68.0 Å². The first-order valence-corrected chi connectivity index (χ1v) is 9.13. The molecule has 1 aliphatic rings. The van der Waals surface area contributed by atoms with Crippen LogP contribution in [0.2, 0.25) is 5.02 Å². The second-order valence-electron chi connectivity index (χ2n) is 6.87. The molecule has 0 unspecified atom stereocenters. The molecule has 132 valence electrons. The molecule has 4 nitrogen and oxygen atoms in total. The molecule has 3 N–H and O–H groups in total. The van der Waals surface area contributed by atoms with Gasteiger partial charge in [-0.25, -0.2) is 0 Å². The van der Waals surface area contributed by atoms with Crippen LogP contribution in [0.25, 0.3) is 0 Å². The first-order valence-electron chi connectivity index (χ1n) is 8.76. The molecule has 1 fully saturated rings. The number of carbonyl (C=O) groups is 1. The third kappa shape index (κ3) is 4.39. The lowest BCUT2D eigenvalue weighted by Crippen LogP contribution is -2.45. The number of carbonyl (C=O) groups excluding carboxylic acids is 1. The van der Waals surface area contributed by atoms with Gasteiger partial charge < -0.3 is 11.1 Å². The number of hydrogen-bond donors (Lipinski definition) is 2. The van der Waals surface area contributed by atoms with Gasteiger partial charge in [-0.3, -0.25) is 9.78 Å². The fraction of sp³-hybridized carbons (Fsp3) is 0.400. The van der Waals surface area contributed by atoms with Crippen molar-refractivity contribution >= 4 is 17.5 Å². The molecule has 1 aromatic carbocycles. The maximum absolute atomic E-state index is 12.2. The maximum atomic E-state index is 12.2. The van der Waals surface area contributed by atoms with Crippen LogP contribution >= 0.6 is 11.6 Å². The number of nitrogens with zero attached hydrogens (tertiary/aromatic N) is 1. The summed E-state index contributed by atoms with van der Waals surface area (Å²) in [6, 6.07) is 12.0. The molecule has 0 atom stereocenters. The largest absolute Gasteiger partial charge is 0.353 e. The van der Waals surface area contributed by atoms with Crippen molar-refractivity contribution in [1.82, 2.24) is 10.3 Å². The van der Waals surface area contributed by atoms with Crippen molar-refractivity contribution in [2.24, 2.45) is 5.73 Å². The zero-order valence-electron chi connectivity index (χ0n) is 14.2. The summed E-state index contributed by atoms with van der Waals surface area (Å²) in [5.74, 6) is 0.0565. The van der Waals surface area contributed by atoms with Crippen LogP contribution < -0.4 is 11.1 Å². The minimum absolute atomic E-state index is 0.0323. The number of nitrogens with one attached hydrogen (secondary N) is 1. The van der Waals surface area contributed by atoms with E-state index in [1.165, 1.54) is 5.56 Å². The van der Waals surface area contributed by atoms with Crippen molar-refractivity contribution in [2.75, 3.05) is 6.54 Å². The Morgan fingerprint density at radius 1 is 1.28 bits per heavy atom. The van der Waals surface area contributed by atoms with Crippen molar-refractivity contribution in [3.63, 3.8) is 0 Å². The lowest BCUT2D eigenvalue weighted by Gasteiger charge is -2.40. The molecule has 2 aromatic rings. The molecule has 0 bridgehead atoms. The molecule has 1 aromatic heterocycles. The molecule has 1 heterocycles. The Morgan fingerprint density at radius 2 is 2.08 bits per heavy atom. The minimum Gasteiger partial charge on any atom is -0.353 e. The Kier molecular flexibility index (Phi) is 5.71. The van der Waals surface area contributed by atoms with Gasteiger partial charge in [0.05, 0.1) is 6.42 Å². The van der Waals surface area contributed by atoms with Crippen LogP contribution in [0.1, 0.15) is 36.8 Å². The normalized spacial score (nSPS) is 23.2. The third-order valence-electron chi connectivity index (χ3n) is 5.22. The van der Waals surface area contributed by atoms with Crippen molar-refractivity contribution in [3.8, 4) is 0 Å². The molecule has 0 aliphatic heterocycles. The van der Waals surface area contributed by atoms with Crippen LogP contribution in [0, 0.1) is 0 Å². The van der Waals surface area contributed by atoms with Crippen LogP contribution in [0.4, 0.5) is 0 Å². The monoisotopic (exact) mass is 357 g/mol. The highest BCUT2D eigenvalue weighted by atomic mass is 35.5. The first-order chi connectivity index (χ1) is 12.1. The van der Waals surface area contributed by atoms with Crippen LogP contribution in [0.3, 0.4) is 0 Å². The number of hydrogen-bond acceptors (Lipinski definition) is 3. The van der Waals surface area contributed by atoms with Crippen molar-refractivity contribution in [1.29, 1.82) is 0 Å². The number of nitrogens with two attached hydrogens (primary N) is 1. The Morgan fingerprint density at radius 3 is 2.72 bits per heavy atom. The van der Waals surface area contributed by atoms with E-state index in [9.17, 15) is 4.79 Å². The van der Waals surface area contributed by atoms with E-state index in [4.69, 9.17) is 17.3 Å². The van der Waals surface area contributed by atoms with Gasteiger partial charge >= 0.3 is 0 Å². The fourth-order valence-electron chi connectivity index (χ4n) is 3.71. The minimum atomic E-state index is -0.0323. The lowest BCUT2D eigenvalue weighted by molar-refractivity contribution is -0.121. The predicted molar refractivity (Wildman–Crippen MR) is 101 cm³/mol. The van der Waals surface area contributed by atoms with Gasteiger partial charge in [0.2, 0.25) is 5.91 Å². The fourth-order valence-corrected chi connectivity index (χ4v) is 3.90. The summed E-state index contributed by atoms with van der Waals surface area (Å²) in [7, 11) is 0. The van der Waals surface area contributed by atoms with Crippen LogP contribution in [0.15, 0.2) is 48.8 Å². The molecular weight excluding hydrogens is 334 g/mol. The average molecular weight is 358 g/mol. The Hall–Kier alpha value is -1.91. The van der Waals surface area contributed by atoms with E-state index < -0.39 is 0 Å². The number of benzene rings is 1. The van der Waals surface area contributed by atoms with Gasteiger partial charge in [-0.2, -0.15) is 0 Å². The predicted octanol–water partition coefficient (Wildman–Crippen LogP) is 3.23. The summed E-state index contributed by atoms with van der Waals surface area (Å²) in [4.78, 5) is 16.3. The van der Waals surface area contributed by atoms with Crippen LogP contribution in [-0.2, 0) is 16.6 Å². The van der Waals surface area contributed by atoms with E-state index >= 15 is 0 Å². The zero-order chi connectivity index (χ0) is 17.7. The second kappa shape index (κ2) is 7.98. The van der Waals surface area contributed by atoms with E-state index in [-0.39, 0.29) is 17.4 Å². The Labute approximate surface area is 153 Å². The standard InChI is InChI=1S/C20H24ClN3O/c21-17-5-1-4-16(12-17)20(14-22)8-6-18(7-9-20)24-19(25)11-15-3-2-10-23-13-15/h1-5,10,12-13,18H,6-9,11,14,22H2,(H,24,25)/t18-,20-. The van der Waals surface area contributed by atoms with Crippen molar-refractivity contribution in [2.45, 2.75) is 43.6 Å². The zero-order valence-corrected chi connectivity index (χ0v) is 15.0. The smallest absolute Gasteiger partial charge is 0.224 e. The van der Waals surface area contributed by atoms with E-state index in [0.717, 1.165) is 36.3 Å². The average Bonchev–Trinajstić information content (AvgIpc) is 2.63. The van der Waals surface area contributed by atoms with E-state index in [2.05, 4.69) is 16.4 Å². The maximum Gasteiger partial charge on any atom is 0.224 e. The molecule has 0 saturated heterocycles. The van der Waals surface area contributed by atoms with Gasteiger partial charge in [-0.15, -0.1) is 0 Å². The quantitative estimate of drug-likeness (QED) is 0.863. The number of aromatic nitrogens is 1. The molecule has 1 amide bonds. The van der Waals surface area contributed by atoms with E-state index in [0.29, 0.717) is 13.0 Å². The van der Waals surface area contributed by atoms with Gasteiger partial charge in [-0.05, 0) is 55.0 Å². The number of halogens is 1. The van der Waals surface area contributed by atoms with Crippen molar-refractivity contribution in [3.05, 3.63) is 64.9 Å². The van der Waals surface area contributed by atoms with Gasteiger partial charge in [-0.1, -0.05) is 29.8 Å². The van der Waals surface area contributed by atoms with Gasteiger partial charge in [0.1, 0.15) is 0 Å². The van der Waals surface area contributed by atoms with Crippen LogP contribution in [0.5, 0.6) is 0 Å². The Bertz CT molecular complexity index is 712. The molecule has 3 rings (SSSR count). The molecule has 0 spiro atoms. The first kappa shape index (κ1) is 17.9. The molecule has 0 radical (unpaired) electrons. The lowest BCUT2D eigenvalue weighted by atomic mass is 9.68. The molecule has 25 heavy (non-hydrogen) atoms. The number of pyridine rings is 1. The highest BCUT2D eigenvalue weighted by Crippen LogP contribution is 2.39. The Balaban J connectivity index is 1.58. The second-order valence-corrected chi connectivity index (χ2v) is 7.31. The summed E-state index contributed by atoms with van der Waals surface area (Å²) in [5, 5.41) is 3.91. The van der Waals surface area contributed by atoms with Crippen molar-refractivity contribution < 1.29 is 4.79 Å². The van der Waals surface area contributed by atoms with E-state index in [1.807, 2.05) is 30.3 Å². The highest BCUT2D eigenvalue weighted by molar-refractivity contribution is 6.30. The summed E-state index contributed by atoms with van der Waals surface area (Å²) in [6.45, 7) is 0.601. The summed E-state index contributed by atoms with van der Waals surface area (Å²) < 4.78 is 0. The number of rotatable bonds is 5. The third-order valence-corrected chi connectivity index (χ3v) is 5.46.